The molecule has 12 heavy (non-hydrogen) atoms. The van der Waals surface area contributed by atoms with E-state index in [0.717, 1.165) is 5.52 Å². The van der Waals surface area contributed by atoms with E-state index >= 15 is 0 Å². The number of H-pyrrole nitrogens is 1. The first-order chi connectivity index (χ1) is 5.77. The maximum atomic E-state index is 10.9. The fraction of sp³-hybridized carbons (Fsp3) is 0.125. The van der Waals surface area contributed by atoms with Gasteiger partial charge < -0.3 is 4.98 Å². The minimum Gasteiger partial charge on any atom is -0.343 e. The van der Waals surface area contributed by atoms with Crippen LogP contribution in [0.1, 0.15) is 17.3 Å². The lowest BCUT2D eigenvalue weighted by Gasteiger charge is -1.92. The number of carbonyl (C=O) groups is 1. The van der Waals surface area contributed by atoms with Crippen LogP contribution in [0.4, 0.5) is 0 Å². The van der Waals surface area contributed by atoms with Crippen molar-refractivity contribution in [3.63, 3.8) is 0 Å². The third-order valence-electron chi connectivity index (χ3n) is 1.68. The second-order valence-electron chi connectivity index (χ2n) is 2.55. The highest BCUT2D eigenvalue weighted by Crippen LogP contribution is 2.08. The molecular weight excluding hydrogens is 154 g/mol. The molecule has 0 radical (unpaired) electrons. The average Bonchev–Trinajstić information content (AvgIpc) is 2.49. The summed E-state index contributed by atoms with van der Waals surface area (Å²) in [5, 5.41) is 0. The van der Waals surface area contributed by atoms with E-state index in [4.69, 9.17) is 0 Å². The van der Waals surface area contributed by atoms with E-state index in [0.29, 0.717) is 11.2 Å². The number of Topliss-reactive ketones (excluding diaryl/α,β-unsaturated/α-hetero) is 1. The van der Waals surface area contributed by atoms with Gasteiger partial charge >= 0.3 is 0 Å². The number of carbonyl (C=O) groups excluding carboxylic acids is 1. The van der Waals surface area contributed by atoms with Crippen LogP contribution in [-0.2, 0) is 0 Å². The standard InChI is InChI=1S/C8H7N3O/c1-5(12)6-2-7-8(9-3-6)11-4-10-7/h2-4H,1H3,(H,9,10,11). The van der Waals surface area contributed by atoms with Crippen LogP contribution in [0.25, 0.3) is 11.2 Å². The largest absolute Gasteiger partial charge is 0.343 e. The maximum Gasteiger partial charge on any atom is 0.177 e. The molecule has 0 aliphatic rings. The normalized spacial score (nSPS) is 10.4. The third-order valence-corrected chi connectivity index (χ3v) is 1.68. The molecule has 1 N–H and O–H groups in total. The number of ketones is 1. The van der Waals surface area contributed by atoms with Gasteiger partial charge in [0, 0.05) is 11.8 Å². The Labute approximate surface area is 68.7 Å². The van der Waals surface area contributed by atoms with E-state index in [2.05, 4.69) is 15.0 Å². The number of hydrogen-bond acceptors (Lipinski definition) is 3. The molecule has 0 saturated heterocycles. The summed E-state index contributed by atoms with van der Waals surface area (Å²) in [6.07, 6.45) is 3.09. The van der Waals surface area contributed by atoms with Gasteiger partial charge in [-0.3, -0.25) is 4.79 Å². The van der Waals surface area contributed by atoms with Gasteiger partial charge in [0.2, 0.25) is 0 Å². The number of nitrogens with one attached hydrogen (secondary N) is 1. The van der Waals surface area contributed by atoms with Crippen molar-refractivity contribution < 1.29 is 4.79 Å². The Kier molecular flexibility index (Phi) is 1.40. The zero-order valence-corrected chi connectivity index (χ0v) is 6.53. The summed E-state index contributed by atoms with van der Waals surface area (Å²) in [5.74, 6) is 0.0130. The summed E-state index contributed by atoms with van der Waals surface area (Å²) in [6, 6.07) is 1.75. The molecule has 60 valence electrons. The highest BCUT2D eigenvalue weighted by atomic mass is 16.1. The minimum atomic E-state index is 0.0130. The zero-order valence-electron chi connectivity index (χ0n) is 6.53. The van der Waals surface area contributed by atoms with Crippen LogP contribution in [0, 0.1) is 0 Å². The molecule has 0 atom stereocenters. The first-order valence-electron chi connectivity index (χ1n) is 3.57. The molecule has 0 aromatic carbocycles. The van der Waals surface area contributed by atoms with Crippen molar-refractivity contribution in [3.05, 3.63) is 24.2 Å². The van der Waals surface area contributed by atoms with E-state index < -0.39 is 0 Å². The van der Waals surface area contributed by atoms with Gasteiger partial charge in [0.15, 0.2) is 11.4 Å². The Balaban J connectivity index is 2.68. The third kappa shape index (κ3) is 0.972. The molecule has 0 amide bonds. The van der Waals surface area contributed by atoms with Gasteiger partial charge in [0.1, 0.15) is 0 Å². The Bertz CT molecular complexity index is 433. The maximum absolute atomic E-state index is 10.9. The summed E-state index contributed by atoms with van der Waals surface area (Å²) in [6.45, 7) is 1.51. The first kappa shape index (κ1) is 6.97. The monoisotopic (exact) mass is 161 g/mol. The lowest BCUT2D eigenvalue weighted by Crippen LogP contribution is -1.92. The lowest BCUT2D eigenvalue weighted by molar-refractivity contribution is 0.101. The summed E-state index contributed by atoms with van der Waals surface area (Å²) < 4.78 is 0. The molecule has 2 heterocycles. The number of hydrogen-bond donors (Lipinski definition) is 1. The van der Waals surface area contributed by atoms with E-state index in [1.54, 1.807) is 12.4 Å². The molecule has 2 rings (SSSR count). The Morgan fingerprint density at radius 3 is 3.08 bits per heavy atom. The first-order valence-corrected chi connectivity index (χ1v) is 3.57. The number of pyridine rings is 1. The molecular formula is C8H7N3O. The average molecular weight is 161 g/mol. The van der Waals surface area contributed by atoms with Gasteiger partial charge in [-0.2, -0.15) is 0 Å². The summed E-state index contributed by atoms with van der Waals surface area (Å²) in [7, 11) is 0. The van der Waals surface area contributed by atoms with Crippen LogP contribution in [0.15, 0.2) is 18.6 Å². The lowest BCUT2D eigenvalue weighted by atomic mass is 10.2. The van der Waals surface area contributed by atoms with E-state index in [-0.39, 0.29) is 5.78 Å². The van der Waals surface area contributed by atoms with Crippen LogP contribution < -0.4 is 0 Å². The van der Waals surface area contributed by atoms with E-state index in [9.17, 15) is 4.79 Å². The number of nitrogens with zero attached hydrogens (tertiary/aromatic N) is 2. The van der Waals surface area contributed by atoms with Crippen molar-refractivity contribution in [1.29, 1.82) is 0 Å². The SMILES string of the molecule is CC(=O)c1cnc2nc[nH]c2c1. The van der Waals surface area contributed by atoms with Crippen molar-refractivity contribution in [2.75, 3.05) is 0 Å². The molecule has 0 bridgehead atoms. The number of aromatic nitrogens is 3. The second-order valence-corrected chi connectivity index (χ2v) is 2.55. The fourth-order valence-corrected chi connectivity index (χ4v) is 1.02. The molecule has 0 saturated carbocycles. The quantitative estimate of drug-likeness (QED) is 0.638. The van der Waals surface area contributed by atoms with Gasteiger partial charge in [-0.1, -0.05) is 0 Å². The number of aromatic amines is 1. The predicted molar refractivity (Wildman–Crippen MR) is 43.9 cm³/mol. The van der Waals surface area contributed by atoms with Gasteiger partial charge in [-0.05, 0) is 13.0 Å². The second kappa shape index (κ2) is 2.41. The van der Waals surface area contributed by atoms with Crippen molar-refractivity contribution in [1.82, 2.24) is 15.0 Å². The van der Waals surface area contributed by atoms with Crippen molar-refractivity contribution >= 4 is 16.9 Å². The highest BCUT2D eigenvalue weighted by molar-refractivity contribution is 5.96. The molecule has 0 fully saturated rings. The van der Waals surface area contributed by atoms with Crippen LogP contribution in [0.3, 0.4) is 0 Å². The molecule has 2 aromatic rings. The predicted octanol–water partition coefficient (Wildman–Crippen LogP) is 1.16. The molecule has 0 aliphatic heterocycles. The molecule has 0 aliphatic carbocycles. The van der Waals surface area contributed by atoms with E-state index in [1.807, 2.05) is 0 Å². The Hall–Kier alpha value is -1.71. The molecule has 0 spiro atoms. The fourth-order valence-electron chi connectivity index (χ4n) is 1.02. The van der Waals surface area contributed by atoms with Crippen LogP contribution in [0.5, 0.6) is 0 Å². The molecule has 0 unspecified atom stereocenters. The van der Waals surface area contributed by atoms with Crippen molar-refractivity contribution in [2.24, 2.45) is 0 Å². The molecule has 4 nitrogen and oxygen atoms in total. The van der Waals surface area contributed by atoms with E-state index in [1.165, 1.54) is 13.1 Å². The number of rotatable bonds is 1. The van der Waals surface area contributed by atoms with Crippen molar-refractivity contribution in [2.45, 2.75) is 6.92 Å². The Morgan fingerprint density at radius 2 is 2.33 bits per heavy atom. The van der Waals surface area contributed by atoms with Gasteiger partial charge in [0.05, 0.1) is 11.8 Å². The zero-order chi connectivity index (χ0) is 8.55. The minimum absolute atomic E-state index is 0.0130. The van der Waals surface area contributed by atoms with Crippen molar-refractivity contribution in [3.8, 4) is 0 Å². The van der Waals surface area contributed by atoms with Gasteiger partial charge in [0.25, 0.3) is 0 Å². The number of imidazole rings is 1. The van der Waals surface area contributed by atoms with Crippen LogP contribution in [0.2, 0.25) is 0 Å². The Morgan fingerprint density at radius 1 is 1.50 bits per heavy atom. The number of fused-ring (bicyclic) bond motifs is 1. The summed E-state index contributed by atoms with van der Waals surface area (Å²) in [4.78, 5) is 21.8. The topological polar surface area (TPSA) is 58.6 Å². The van der Waals surface area contributed by atoms with Crippen LogP contribution in [-0.4, -0.2) is 20.7 Å². The summed E-state index contributed by atoms with van der Waals surface area (Å²) in [5.41, 5.74) is 2.04. The molecule has 2 aromatic heterocycles. The van der Waals surface area contributed by atoms with Gasteiger partial charge in [-0.15, -0.1) is 0 Å². The van der Waals surface area contributed by atoms with Crippen LogP contribution >= 0.6 is 0 Å². The smallest absolute Gasteiger partial charge is 0.177 e. The summed E-state index contributed by atoms with van der Waals surface area (Å²) >= 11 is 0. The molecule has 4 heteroatoms. The van der Waals surface area contributed by atoms with Gasteiger partial charge in [-0.25, -0.2) is 9.97 Å². The highest BCUT2D eigenvalue weighted by Gasteiger charge is 2.02.